The fourth-order valence-electron chi connectivity index (χ4n) is 1.41. The molecule has 2 atom stereocenters. The number of hydrogen-bond acceptors (Lipinski definition) is 3. The molecule has 18 heavy (non-hydrogen) atoms. The number of aliphatic carboxylic acids is 1. The number of urea groups is 1. The van der Waals surface area contributed by atoms with Crippen LogP contribution in [-0.2, 0) is 11.2 Å². The number of carboxylic acid groups (broad SMARTS) is 1. The van der Waals surface area contributed by atoms with Crippen LogP contribution in [-0.4, -0.2) is 29.2 Å². The lowest BCUT2D eigenvalue weighted by Crippen LogP contribution is -2.47. The maximum absolute atomic E-state index is 11.4. The van der Waals surface area contributed by atoms with Gasteiger partial charge in [-0.25, -0.2) is 4.79 Å². The first kappa shape index (κ1) is 14.1. The minimum atomic E-state index is -1.06. The van der Waals surface area contributed by atoms with Crippen molar-refractivity contribution in [2.75, 3.05) is 0 Å². The SMILES string of the molecule is CC(CCc1ccco1)NC(=O)N[C@@H](C)C(=O)O. The Labute approximate surface area is 105 Å². The maximum Gasteiger partial charge on any atom is 0.325 e. The second-order valence-corrected chi connectivity index (χ2v) is 4.20. The maximum atomic E-state index is 11.4. The van der Waals surface area contributed by atoms with Crippen LogP contribution in [0.3, 0.4) is 0 Å². The molecule has 0 aliphatic heterocycles. The summed E-state index contributed by atoms with van der Waals surface area (Å²) in [5.41, 5.74) is 0. The van der Waals surface area contributed by atoms with E-state index in [0.717, 1.165) is 18.6 Å². The smallest absolute Gasteiger partial charge is 0.325 e. The van der Waals surface area contributed by atoms with Crippen molar-refractivity contribution >= 4 is 12.0 Å². The molecule has 1 aromatic heterocycles. The van der Waals surface area contributed by atoms with Gasteiger partial charge in [0.2, 0.25) is 0 Å². The summed E-state index contributed by atoms with van der Waals surface area (Å²) in [5, 5.41) is 13.6. The molecule has 0 saturated heterocycles. The quantitative estimate of drug-likeness (QED) is 0.715. The summed E-state index contributed by atoms with van der Waals surface area (Å²) in [6.07, 6.45) is 3.06. The van der Waals surface area contributed by atoms with Gasteiger partial charge in [0.25, 0.3) is 0 Å². The van der Waals surface area contributed by atoms with E-state index in [1.54, 1.807) is 6.26 Å². The normalized spacial score (nSPS) is 13.7. The largest absolute Gasteiger partial charge is 0.480 e. The van der Waals surface area contributed by atoms with Crippen LogP contribution in [0.25, 0.3) is 0 Å². The number of carbonyl (C=O) groups is 2. The second-order valence-electron chi connectivity index (χ2n) is 4.20. The molecule has 0 aliphatic rings. The van der Waals surface area contributed by atoms with E-state index >= 15 is 0 Å². The van der Waals surface area contributed by atoms with Crippen LogP contribution >= 0.6 is 0 Å². The number of carboxylic acids is 1. The third-order valence-electron chi connectivity index (χ3n) is 2.50. The summed E-state index contributed by atoms with van der Waals surface area (Å²) < 4.78 is 5.18. The summed E-state index contributed by atoms with van der Waals surface area (Å²) in [6.45, 7) is 3.27. The van der Waals surface area contributed by atoms with Crippen molar-refractivity contribution in [3.8, 4) is 0 Å². The predicted octanol–water partition coefficient (Wildman–Crippen LogP) is 1.37. The minimum absolute atomic E-state index is 0.0592. The van der Waals surface area contributed by atoms with E-state index in [1.165, 1.54) is 6.92 Å². The zero-order valence-electron chi connectivity index (χ0n) is 10.5. The van der Waals surface area contributed by atoms with Crippen LogP contribution in [0.5, 0.6) is 0 Å². The lowest BCUT2D eigenvalue weighted by molar-refractivity contribution is -0.138. The molecule has 6 nitrogen and oxygen atoms in total. The summed E-state index contributed by atoms with van der Waals surface area (Å²) in [5.74, 6) is -0.198. The Morgan fingerprint density at radius 1 is 1.39 bits per heavy atom. The topological polar surface area (TPSA) is 91.6 Å². The van der Waals surface area contributed by atoms with Crippen LogP contribution in [0, 0.1) is 0 Å². The van der Waals surface area contributed by atoms with Crippen molar-refractivity contribution in [1.29, 1.82) is 0 Å². The molecular formula is C12H18N2O4. The lowest BCUT2D eigenvalue weighted by Gasteiger charge is -2.15. The van der Waals surface area contributed by atoms with Gasteiger partial charge >= 0.3 is 12.0 Å². The van der Waals surface area contributed by atoms with Crippen LogP contribution in [0.1, 0.15) is 26.0 Å². The summed E-state index contributed by atoms with van der Waals surface area (Å²) in [4.78, 5) is 22.0. The molecule has 0 bridgehead atoms. The average molecular weight is 254 g/mol. The fraction of sp³-hybridized carbons (Fsp3) is 0.500. The molecule has 0 aromatic carbocycles. The number of aryl methyl sites for hydroxylation is 1. The first-order valence-corrected chi connectivity index (χ1v) is 5.81. The Morgan fingerprint density at radius 3 is 2.67 bits per heavy atom. The highest BCUT2D eigenvalue weighted by atomic mass is 16.4. The summed E-state index contributed by atoms with van der Waals surface area (Å²) >= 11 is 0. The molecule has 100 valence electrons. The van der Waals surface area contributed by atoms with E-state index in [0.29, 0.717) is 0 Å². The Hall–Kier alpha value is -1.98. The summed E-state index contributed by atoms with van der Waals surface area (Å²) in [7, 11) is 0. The third-order valence-corrected chi connectivity index (χ3v) is 2.50. The third kappa shape index (κ3) is 4.90. The van der Waals surface area contributed by atoms with Gasteiger partial charge in [-0.05, 0) is 32.4 Å². The van der Waals surface area contributed by atoms with Crippen LogP contribution < -0.4 is 10.6 Å². The molecule has 1 rings (SSSR count). The van der Waals surface area contributed by atoms with E-state index in [2.05, 4.69) is 10.6 Å². The van der Waals surface area contributed by atoms with Gasteiger partial charge in [-0.1, -0.05) is 0 Å². The van der Waals surface area contributed by atoms with Gasteiger partial charge in [0.05, 0.1) is 6.26 Å². The molecule has 1 unspecified atom stereocenters. The number of furan rings is 1. The molecule has 1 heterocycles. The molecule has 3 N–H and O–H groups in total. The van der Waals surface area contributed by atoms with Crippen molar-refractivity contribution < 1.29 is 19.1 Å². The highest BCUT2D eigenvalue weighted by Crippen LogP contribution is 2.05. The molecule has 1 aromatic rings. The van der Waals surface area contributed by atoms with E-state index in [4.69, 9.17) is 9.52 Å². The highest BCUT2D eigenvalue weighted by molar-refractivity contribution is 5.82. The molecule has 0 spiro atoms. The van der Waals surface area contributed by atoms with Crippen molar-refractivity contribution in [3.63, 3.8) is 0 Å². The standard InChI is InChI=1S/C12H18N2O4/c1-8(5-6-10-4-3-7-18-10)13-12(17)14-9(2)11(15)16/h3-4,7-9H,5-6H2,1-2H3,(H,15,16)(H2,13,14,17)/t8?,9-/m0/s1. The molecule has 6 heteroatoms. The Morgan fingerprint density at radius 2 is 2.11 bits per heavy atom. The first-order chi connectivity index (χ1) is 8.49. The van der Waals surface area contributed by atoms with E-state index < -0.39 is 18.0 Å². The van der Waals surface area contributed by atoms with Gasteiger partial charge in [0, 0.05) is 12.5 Å². The minimum Gasteiger partial charge on any atom is -0.480 e. The van der Waals surface area contributed by atoms with Gasteiger partial charge in [-0.2, -0.15) is 0 Å². The molecule has 0 radical (unpaired) electrons. The van der Waals surface area contributed by atoms with Crippen LogP contribution in [0.2, 0.25) is 0 Å². The number of carbonyl (C=O) groups excluding carboxylic acids is 1. The monoisotopic (exact) mass is 254 g/mol. The van der Waals surface area contributed by atoms with Gasteiger partial charge in [-0.15, -0.1) is 0 Å². The van der Waals surface area contributed by atoms with Crippen molar-refractivity contribution in [3.05, 3.63) is 24.2 Å². The van der Waals surface area contributed by atoms with Crippen molar-refractivity contribution in [2.45, 2.75) is 38.8 Å². The molecule has 0 saturated carbocycles. The molecule has 0 aliphatic carbocycles. The van der Waals surface area contributed by atoms with E-state index in [-0.39, 0.29) is 6.04 Å². The number of amides is 2. The second kappa shape index (κ2) is 6.68. The first-order valence-electron chi connectivity index (χ1n) is 5.81. The van der Waals surface area contributed by atoms with Gasteiger partial charge in [-0.3, -0.25) is 4.79 Å². The highest BCUT2D eigenvalue weighted by Gasteiger charge is 2.15. The van der Waals surface area contributed by atoms with E-state index in [1.807, 2.05) is 19.1 Å². The Kier molecular flexibility index (Phi) is 5.23. The van der Waals surface area contributed by atoms with Gasteiger partial charge in [0.15, 0.2) is 0 Å². The molecule has 2 amide bonds. The van der Waals surface area contributed by atoms with Crippen molar-refractivity contribution in [1.82, 2.24) is 10.6 Å². The predicted molar refractivity (Wildman–Crippen MR) is 65.3 cm³/mol. The average Bonchev–Trinajstić information content (AvgIpc) is 2.78. The zero-order chi connectivity index (χ0) is 13.5. The van der Waals surface area contributed by atoms with Crippen molar-refractivity contribution in [2.24, 2.45) is 0 Å². The number of hydrogen-bond donors (Lipinski definition) is 3. The molecular weight excluding hydrogens is 236 g/mol. The summed E-state index contributed by atoms with van der Waals surface area (Å²) in [6, 6.07) is 2.25. The zero-order valence-corrected chi connectivity index (χ0v) is 10.5. The van der Waals surface area contributed by atoms with Crippen LogP contribution in [0.4, 0.5) is 4.79 Å². The Balaban J connectivity index is 2.25. The lowest BCUT2D eigenvalue weighted by atomic mass is 10.1. The Bertz CT molecular complexity index is 389. The molecule has 0 fully saturated rings. The van der Waals surface area contributed by atoms with E-state index in [9.17, 15) is 9.59 Å². The van der Waals surface area contributed by atoms with Gasteiger partial charge in [0.1, 0.15) is 11.8 Å². The number of rotatable bonds is 6. The fourth-order valence-corrected chi connectivity index (χ4v) is 1.41. The number of nitrogens with one attached hydrogen (secondary N) is 2. The van der Waals surface area contributed by atoms with Gasteiger partial charge < -0.3 is 20.2 Å². The van der Waals surface area contributed by atoms with Crippen LogP contribution in [0.15, 0.2) is 22.8 Å².